The Morgan fingerprint density at radius 1 is 0.789 bits per heavy atom. The van der Waals surface area contributed by atoms with Crippen LogP contribution in [0.3, 0.4) is 0 Å². The van der Waals surface area contributed by atoms with E-state index < -0.39 is 0 Å². The lowest BCUT2D eigenvalue weighted by atomic mass is 9.72. The SMILES string of the molecule is Cl.Cl.NC1(c2ccc(-c3nc4cnc(-c5cnn6c5CCCC6)cc4cc3-c3ccccc3)cc2)CCC1. The molecule has 2 N–H and O–H groups in total. The van der Waals surface area contributed by atoms with E-state index in [0.29, 0.717) is 0 Å². The van der Waals surface area contributed by atoms with E-state index in [-0.39, 0.29) is 30.4 Å². The Morgan fingerprint density at radius 2 is 1.58 bits per heavy atom. The highest BCUT2D eigenvalue weighted by Crippen LogP contribution is 2.40. The second kappa shape index (κ2) is 10.5. The van der Waals surface area contributed by atoms with Gasteiger partial charge in [0.05, 0.1) is 29.3 Å². The van der Waals surface area contributed by atoms with Gasteiger partial charge in [-0.15, -0.1) is 24.8 Å². The van der Waals surface area contributed by atoms with Crippen molar-refractivity contribution in [2.45, 2.75) is 50.6 Å². The van der Waals surface area contributed by atoms with Gasteiger partial charge in [-0.3, -0.25) is 9.67 Å². The van der Waals surface area contributed by atoms with Crippen LogP contribution in [-0.4, -0.2) is 19.7 Å². The van der Waals surface area contributed by atoms with E-state index in [0.717, 1.165) is 70.4 Å². The number of fused-ring (bicyclic) bond motifs is 2. The summed E-state index contributed by atoms with van der Waals surface area (Å²) >= 11 is 0. The number of aromatic nitrogens is 4. The molecule has 4 heterocycles. The van der Waals surface area contributed by atoms with Crippen LogP contribution in [0.15, 0.2) is 79.1 Å². The van der Waals surface area contributed by atoms with Crippen LogP contribution >= 0.6 is 24.8 Å². The summed E-state index contributed by atoms with van der Waals surface area (Å²) in [6, 6.07) is 23.7. The molecule has 0 unspecified atom stereocenters. The van der Waals surface area contributed by atoms with E-state index in [1.54, 1.807) is 0 Å². The van der Waals surface area contributed by atoms with Crippen LogP contribution in [0.1, 0.15) is 43.4 Å². The number of hydrogen-bond acceptors (Lipinski definition) is 4. The maximum atomic E-state index is 6.58. The topological polar surface area (TPSA) is 69.6 Å². The maximum absolute atomic E-state index is 6.58. The van der Waals surface area contributed by atoms with Crippen molar-refractivity contribution in [3.05, 3.63) is 90.4 Å². The van der Waals surface area contributed by atoms with Crippen molar-refractivity contribution in [2.75, 3.05) is 0 Å². The van der Waals surface area contributed by atoms with Crippen LogP contribution in [0.25, 0.3) is 44.5 Å². The van der Waals surface area contributed by atoms with Crippen LogP contribution in [0, 0.1) is 0 Å². The Kier molecular flexibility index (Phi) is 7.28. The quantitative estimate of drug-likeness (QED) is 0.257. The zero-order valence-corrected chi connectivity index (χ0v) is 22.8. The highest BCUT2D eigenvalue weighted by atomic mass is 35.5. The summed E-state index contributed by atoms with van der Waals surface area (Å²) < 4.78 is 2.14. The molecule has 0 amide bonds. The second-order valence-corrected chi connectivity index (χ2v) is 10.3. The lowest BCUT2D eigenvalue weighted by Gasteiger charge is -2.38. The van der Waals surface area contributed by atoms with Gasteiger partial charge >= 0.3 is 0 Å². The zero-order chi connectivity index (χ0) is 24.1. The molecular formula is C31H31Cl2N5. The second-order valence-electron chi connectivity index (χ2n) is 10.3. The zero-order valence-electron chi connectivity index (χ0n) is 21.1. The average molecular weight is 545 g/mol. The van der Waals surface area contributed by atoms with E-state index >= 15 is 0 Å². The molecule has 1 saturated carbocycles. The van der Waals surface area contributed by atoms with E-state index in [4.69, 9.17) is 15.7 Å². The van der Waals surface area contributed by atoms with Gasteiger partial charge in [0.1, 0.15) is 0 Å². The third-order valence-electron chi connectivity index (χ3n) is 8.02. The van der Waals surface area contributed by atoms with Gasteiger partial charge in [-0.25, -0.2) is 4.98 Å². The predicted octanol–water partition coefficient (Wildman–Crippen LogP) is 7.35. The van der Waals surface area contributed by atoms with E-state index in [2.05, 4.69) is 76.5 Å². The molecular weight excluding hydrogens is 513 g/mol. The summed E-state index contributed by atoms with van der Waals surface area (Å²) in [5.74, 6) is 0. The van der Waals surface area contributed by atoms with Crippen molar-refractivity contribution < 1.29 is 0 Å². The molecule has 0 atom stereocenters. The lowest BCUT2D eigenvalue weighted by molar-refractivity contribution is 0.253. The van der Waals surface area contributed by atoms with Gasteiger partial charge < -0.3 is 5.73 Å². The molecule has 1 fully saturated rings. The van der Waals surface area contributed by atoms with Gasteiger partial charge in [0.2, 0.25) is 0 Å². The number of nitrogens with zero attached hydrogens (tertiary/aromatic N) is 4. The largest absolute Gasteiger partial charge is 0.321 e. The van der Waals surface area contributed by atoms with Gasteiger partial charge in [0.25, 0.3) is 0 Å². The Hall–Kier alpha value is -3.25. The Bertz CT molecular complexity index is 1570. The van der Waals surface area contributed by atoms with Gasteiger partial charge in [-0.1, -0.05) is 54.6 Å². The first-order chi connectivity index (χ1) is 17.7. The number of benzene rings is 2. The summed E-state index contributed by atoms with van der Waals surface area (Å²) in [4.78, 5) is 9.97. The Labute approximate surface area is 235 Å². The van der Waals surface area contributed by atoms with Crippen molar-refractivity contribution in [2.24, 2.45) is 5.73 Å². The minimum absolute atomic E-state index is 0. The van der Waals surface area contributed by atoms with Crippen LogP contribution < -0.4 is 5.73 Å². The first kappa shape index (κ1) is 26.4. The minimum Gasteiger partial charge on any atom is -0.321 e. The van der Waals surface area contributed by atoms with Crippen LogP contribution in [0.4, 0.5) is 0 Å². The fraction of sp³-hybridized carbons (Fsp3) is 0.258. The molecule has 7 heteroatoms. The Balaban J connectivity index is 0.00000147. The van der Waals surface area contributed by atoms with Gasteiger partial charge in [-0.05, 0) is 61.8 Å². The number of nitrogens with two attached hydrogens (primary N) is 1. The summed E-state index contributed by atoms with van der Waals surface area (Å²) in [6.45, 7) is 0.996. The van der Waals surface area contributed by atoms with E-state index in [9.17, 15) is 0 Å². The van der Waals surface area contributed by atoms with Crippen molar-refractivity contribution in [1.29, 1.82) is 0 Å². The number of hydrogen-bond donors (Lipinski definition) is 1. The fourth-order valence-corrected chi connectivity index (χ4v) is 5.72. The Morgan fingerprint density at radius 3 is 2.32 bits per heavy atom. The summed E-state index contributed by atoms with van der Waals surface area (Å²) in [7, 11) is 0. The number of pyridine rings is 2. The molecule has 0 saturated heterocycles. The first-order valence-electron chi connectivity index (χ1n) is 13.0. The summed E-state index contributed by atoms with van der Waals surface area (Å²) in [5, 5.41) is 5.71. The number of halogens is 2. The van der Waals surface area contributed by atoms with Gasteiger partial charge in [0.15, 0.2) is 0 Å². The highest BCUT2D eigenvalue weighted by Gasteiger charge is 2.34. The molecule has 0 radical (unpaired) electrons. The average Bonchev–Trinajstić information content (AvgIpc) is 3.35. The van der Waals surface area contributed by atoms with E-state index in [1.807, 2.05) is 12.4 Å². The van der Waals surface area contributed by atoms with Crippen molar-refractivity contribution >= 4 is 35.7 Å². The van der Waals surface area contributed by atoms with Crippen molar-refractivity contribution in [3.8, 4) is 33.6 Å². The van der Waals surface area contributed by atoms with E-state index in [1.165, 1.54) is 30.5 Å². The molecule has 194 valence electrons. The molecule has 2 aliphatic rings. The number of aryl methyl sites for hydroxylation is 1. The van der Waals surface area contributed by atoms with Crippen molar-refractivity contribution in [1.82, 2.24) is 19.7 Å². The fourth-order valence-electron chi connectivity index (χ4n) is 5.72. The summed E-state index contributed by atoms with van der Waals surface area (Å²) in [6.07, 6.45) is 10.7. The molecule has 0 bridgehead atoms. The van der Waals surface area contributed by atoms with Crippen LogP contribution in [0.2, 0.25) is 0 Å². The third-order valence-corrected chi connectivity index (χ3v) is 8.02. The standard InChI is InChI=1S/C31H29N5.2ClH/c32-31(14-6-15-31)24-12-10-22(11-13-24)30-25(21-7-2-1-3-8-21)17-23-18-27(33-20-28(23)35-30)26-19-34-36-16-5-4-9-29(26)36;;/h1-3,7-8,10-13,17-20H,4-6,9,14-16,32H2;2*1H. The minimum atomic E-state index is -0.162. The molecule has 2 aromatic carbocycles. The van der Waals surface area contributed by atoms with Crippen LogP contribution in [0.5, 0.6) is 0 Å². The molecule has 0 spiro atoms. The highest BCUT2D eigenvalue weighted by molar-refractivity contribution is 5.92. The molecule has 7 rings (SSSR count). The monoisotopic (exact) mass is 543 g/mol. The third kappa shape index (κ3) is 4.49. The molecule has 3 aromatic heterocycles. The molecule has 5 nitrogen and oxygen atoms in total. The van der Waals surface area contributed by atoms with Crippen LogP contribution in [-0.2, 0) is 18.5 Å². The molecule has 5 aromatic rings. The molecule has 1 aliphatic heterocycles. The van der Waals surface area contributed by atoms with Gasteiger partial charge in [-0.2, -0.15) is 5.10 Å². The van der Waals surface area contributed by atoms with Gasteiger partial charge in [0, 0.05) is 39.9 Å². The maximum Gasteiger partial charge on any atom is 0.0893 e. The normalized spacial score (nSPS) is 15.6. The smallest absolute Gasteiger partial charge is 0.0893 e. The first-order valence-corrected chi connectivity index (χ1v) is 13.0. The lowest BCUT2D eigenvalue weighted by Crippen LogP contribution is -2.43. The predicted molar refractivity (Wildman–Crippen MR) is 159 cm³/mol. The molecule has 38 heavy (non-hydrogen) atoms. The number of rotatable bonds is 4. The van der Waals surface area contributed by atoms with Crippen molar-refractivity contribution in [3.63, 3.8) is 0 Å². The summed E-state index contributed by atoms with van der Waals surface area (Å²) in [5.41, 5.74) is 16.3. The molecule has 1 aliphatic carbocycles.